The van der Waals surface area contributed by atoms with E-state index in [1.165, 1.54) is 70.0 Å². The number of unbranched alkanes of at least 4 members (excludes halogenated alkanes) is 3. The van der Waals surface area contributed by atoms with Gasteiger partial charge in [0, 0.05) is 5.33 Å². The molecule has 0 aromatic heterocycles. The molecule has 0 amide bonds. The Morgan fingerprint density at radius 3 is 2.04 bits per heavy atom. The third-order valence-corrected chi connectivity index (χ3v) is 5.51. The number of hydrogen-bond acceptors (Lipinski definition) is 0. The summed E-state index contributed by atoms with van der Waals surface area (Å²) in [5.74, 6) is 0. The second-order valence-corrected chi connectivity index (χ2v) is 7.23. The van der Waals surface area contributed by atoms with Gasteiger partial charge < -0.3 is 0 Å². The zero-order valence-corrected chi connectivity index (χ0v) is 14.9. The van der Waals surface area contributed by atoms with E-state index in [4.69, 9.17) is 0 Å². The van der Waals surface area contributed by atoms with Crippen LogP contribution in [-0.4, -0.2) is 5.33 Å². The minimum atomic E-state index is 1.13. The molecule has 0 aliphatic carbocycles. The summed E-state index contributed by atoms with van der Waals surface area (Å²) in [5.41, 5.74) is 1.51. The first-order chi connectivity index (χ1) is 11.4. The number of alkyl halides is 1. The first-order valence-electron chi connectivity index (χ1n) is 8.60. The van der Waals surface area contributed by atoms with Crippen LogP contribution >= 0.6 is 15.9 Å². The maximum Gasteiger partial charge on any atom is 0.00313 e. The third kappa shape index (κ3) is 2.72. The molecule has 0 aliphatic rings. The standard InChI is InChI=1S/C22H21Br/c23-15-4-2-1-3-6-16-9-10-19-12-11-17-7-5-8-18-13-14-20(16)22(19)21(17)18/h5,7-14H,1-4,6,15H2. The summed E-state index contributed by atoms with van der Waals surface area (Å²) < 4.78 is 0. The lowest BCUT2D eigenvalue weighted by Gasteiger charge is -2.13. The highest BCUT2D eigenvalue weighted by molar-refractivity contribution is 9.09. The lowest BCUT2D eigenvalue weighted by atomic mass is 9.90. The predicted molar refractivity (Wildman–Crippen MR) is 106 cm³/mol. The number of hydrogen-bond donors (Lipinski definition) is 0. The SMILES string of the molecule is BrCCCCCCc1ccc2ccc3cccc4ccc1c2c34. The van der Waals surface area contributed by atoms with Crippen molar-refractivity contribution in [1.82, 2.24) is 0 Å². The van der Waals surface area contributed by atoms with Gasteiger partial charge in [-0.3, -0.25) is 0 Å². The van der Waals surface area contributed by atoms with Crippen LogP contribution in [0.1, 0.15) is 31.2 Å². The van der Waals surface area contributed by atoms with Crippen LogP contribution in [0.4, 0.5) is 0 Å². The van der Waals surface area contributed by atoms with E-state index in [0.717, 1.165) is 5.33 Å². The second kappa shape index (κ2) is 6.49. The van der Waals surface area contributed by atoms with Crippen LogP contribution in [0, 0.1) is 0 Å². The van der Waals surface area contributed by atoms with E-state index in [0.29, 0.717) is 0 Å². The first kappa shape index (κ1) is 15.0. The van der Waals surface area contributed by atoms with Gasteiger partial charge >= 0.3 is 0 Å². The van der Waals surface area contributed by atoms with Crippen LogP contribution in [0.15, 0.2) is 54.6 Å². The molecule has 0 saturated heterocycles. The molecule has 4 rings (SSSR count). The molecule has 0 fully saturated rings. The van der Waals surface area contributed by atoms with Gasteiger partial charge in [0.25, 0.3) is 0 Å². The van der Waals surface area contributed by atoms with Gasteiger partial charge in [-0.25, -0.2) is 0 Å². The van der Waals surface area contributed by atoms with Gasteiger partial charge in [-0.05, 0) is 57.1 Å². The zero-order chi connectivity index (χ0) is 15.6. The molecule has 0 bridgehead atoms. The highest BCUT2D eigenvalue weighted by atomic mass is 79.9. The minimum Gasteiger partial charge on any atom is -0.0928 e. The van der Waals surface area contributed by atoms with E-state index in [-0.39, 0.29) is 0 Å². The topological polar surface area (TPSA) is 0 Å². The molecule has 0 nitrogen and oxygen atoms in total. The summed E-state index contributed by atoms with van der Waals surface area (Å²) in [5, 5.41) is 9.55. The van der Waals surface area contributed by atoms with Gasteiger partial charge in [-0.2, -0.15) is 0 Å². The Labute approximate surface area is 146 Å². The quantitative estimate of drug-likeness (QED) is 0.194. The summed E-state index contributed by atoms with van der Waals surface area (Å²) in [6, 6.07) is 20.4. The lowest BCUT2D eigenvalue weighted by Crippen LogP contribution is -1.91. The van der Waals surface area contributed by atoms with Crippen LogP contribution < -0.4 is 0 Å². The Kier molecular flexibility index (Phi) is 4.22. The molecule has 23 heavy (non-hydrogen) atoms. The minimum absolute atomic E-state index is 1.13. The number of rotatable bonds is 6. The molecule has 0 heterocycles. The Balaban J connectivity index is 1.77. The van der Waals surface area contributed by atoms with E-state index in [1.54, 1.807) is 0 Å². The Morgan fingerprint density at radius 1 is 0.609 bits per heavy atom. The summed E-state index contributed by atoms with van der Waals surface area (Å²) in [6.07, 6.45) is 6.43. The average molecular weight is 365 g/mol. The fraction of sp³-hybridized carbons (Fsp3) is 0.273. The molecule has 4 aromatic carbocycles. The second-order valence-electron chi connectivity index (χ2n) is 6.43. The molecule has 0 radical (unpaired) electrons. The summed E-state index contributed by atoms with van der Waals surface area (Å²) >= 11 is 3.52. The maximum absolute atomic E-state index is 3.52. The third-order valence-electron chi connectivity index (χ3n) is 4.95. The molecule has 1 heteroatoms. The van der Waals surface area contributed by atoms with Crippen LogP contribution in [0.5, 0.6) is 0 Å². The van der Waals surface area contributed by atoms with Crippen LogP contribution in [0.3, 0.4) is 0 Å². The Bertz CT molecular complexity index is 923. The highest BCUT2D eigenvalue weighted by Gasteiger charge is 2.10. The van der Waals surface area contributed by atoms with Crippen molar-refractivity contribution in [2.75, 3.05) is 5.33 Å². The van der Waals surface area contributed by atoms with Crippen molar-refractivity contribution in [3.05, 3.63) is 60.2 Å². The van der Waals surface area contributed by atoms with Crippen LogP contribution in [0.25, 0.3) is 32.3 Å². The molecule has 0 N–H and O–H groups in total. The molecule has 0 aliphatic heterocycles. The fourth-order valence-corrected chi connectivity index (χ4v) is 4.17. The Hall–Kier alpha value is -1.60. The van der Waals surface area contributed by atoms with Crippen LogP contribution in [0.2, 0.25) is 0 Å². The number of aryl methyl sites for hydroxylation is 1. The van der Waals surface area contributed by atoms with Gasteiger partial charge in [0.05, 0.1) is 0 Å². The molecular formula is C22H21Br. The number of benzene rings is 4. The Morgan fingerprint density at radius 2 is 1.26 bits per heavy atom. The van der Waals surface area contributed by atoms with E-state index in [2.05, 4.69) is 70.5 Å². The van der Waals surface area contributed by atoms with Crippen molar-refractivity contribution < 1.29 is 0 Å². The van der Waals surface area contributed by atoms with E-state index in [9.17, 15) is 0 Å². The van der Waals surface area contributed by atoms with Crippen molar-refractivity contribution in [1.29, 1.82) is 0 Å². The molecule has 116 valence electrons. The summed E-state index contributed by atoms with van der Waals surface area (Å²) in [7, 11) is 0. The largest absolute Gasteiger partial charge is 0.0928 e. The average Bonchev–Trinajstić information content (AvgIpc) is 2.60. The number of halogens is 1. The summed E-state index contributed by atoms with van der Waals surface area (Å²) in [4.78, 5) is 0. The van der Waals surface area contributed by atoms with Crippen molar-refractivity contribution in [3.8, 4) is 0 Å². The van der Waals surface area contributed by atoms with Crippen LogP contribution in [-0.2, 0) is 6.42 Å². The first-order valence-corrected chi connectivity index (χ1v) is 9.72. The van der Waals surface area contributed by atoms with Gasteiger partial charge in [-0.15, -0.1) is 0 Å². The van der Waals surface area contributed by atoms with E-state index >= 15 is 0 Å². The van der Waals surface area contributed by atoms with Gasteiger partial charge in [-0.1, -0.05) is 83.4 Å². The molecule has 0 atom stereocenters. The van der Waals surface area contributed by atoms with Gasteiger partial charge in [0.1, 0.15) is 0 Å². The molecular weight excluding hydrogens is 344 g/mol. The molecule has 0 spiro atoms. The van der Waals surface area contributed by atoms with Crippen molar-refractivity contribution in [3.63, 3.8) is 0 Å². The van der Waals surface area contributed by atoms with Gasteiger partial charge in [0.15, 0.2) is 0 Å². The van der Waals surface area contributed by atoms with Crippen molar-refractivity contribution in [2.24, 2.45) is 0 Å². The predicted octanol–water partition coefficient (Wildman–Crippen LogP) is 7.08. The fourth-order valence-electron chi connectivity index (χ4n) is 3.78. The molecule has 0 saturated carbocycles. The molecule has 0 unspecified atom stereocenters. The zero-order valence-electron chi connectivity index (χ0n) is 13.3. The lowest BCUT2D eigenvalue weighted by molar-refractivity contribution is 0.673. The highest BCUT2D eigenvalue weighted by Crippen LogP contribution is 2.36. The van der Waals surface area contributed by atoms with E-state index in [1.807, 2.05) is 0 Å². The van der Waals surface area contributed by atoms with Crippen molar-refractivity contribution >= 4 is 48.2 Å². The monoisotopic (exact) mass is 364 g/mol. The summed E-state index contributed by atoms with van der Waals surface area (Å²) in [6.45, 7) is 0. The molecule has 4 aromatic rings. The maximum atomic E-state index is 3.52. The van der Waals surface area contributed by atoms with E-state index < -0.39 is 0 Å². The smallest absolute Gasteiger partial charge is 0.00313 e. The van der Waals surface area contributed by atoms with Crippen molar-refractivity contribution in [2.45, 2.75) is 32.1 Å². The normalized spacial score (nSPS) is 11.9. The van der Waals surface area contributed by atoms with Gasteiger partial charge in [0.2, 0.25) is 0 Å².